The number of halogens is 1. The predicted molar refractivity (Wildman–Crippen MR) is 74.5 cm³/mol. The molecule has 1 heterocycles. The van der Waals surface area contributed by atoms with Gasteiger partial charge in [0.05, 0.1) is 5.88 Å². The van der Waals surface area contributed by atoms with E-state index in [0.29, 0.717) is 23.9 Å². The van der Waals surface area contributed by atoms with E-state index in [-0.39, 0.29) is 6.04 Å². The molecule has 0 radical (unpaired) electrons. The van der Waals surface area contributed by atoms with Crippen LogP contribution >= 0.6 is 11.6 Å². The number of rotatable bonds is 6. The zero-order valence-electron chi connectivity index (χ0n) is 11.4. The van der Waals surface area contributed by atoms with Crippen molar-refractivity contribution >= 4 is 21.6 Å². The summed E-state index contributed by atoms with van der Waals surface area (Å²) in [4.78, 5) is 0.329. The first-order valence-corrected chi connectivity index (χ1v) is 8.12. The highest BCUT2D eigenvalue weighted by Gasteiger charge is 2.24. The Hall–Kier alpha value is -0.520. The Morgan fingerprint density at radius 1 is 1.33 bits per heavy atom. The van der Waals surface area contributed by atoms with Crippen LogP contribution in [0.2, 0.25) is 0 Å². The first kappa shape index (κ1) is 15.5. The van der Waals surface area contributed by atoms with E-state index in [0.717, 1.165) is 5.69 Å². The number of nitrogens with zero attached hydrogens (tertiary/aromatic N) is 2. The molecule has 0 aliphatic heterocycles. The molecule has 0 aliphatic rings. The monoisotopic (exact) mass is 292 g/mol. The normalized spacial score (nSPS) is 12.6. The summed E-state index contributed by atoms with van der Waals surface area (Å²) in [6.07, 6.45) is 1.68. The summed E-state index contributed by atoms with van der Waals surface area (Å²) < 4.78 is 28.1. The fourth-order valence-corrected chi connectivity index (χ4v) is 3.66. The van der Waals surface area contributed by atoms with Gasteiger partial charge in [0, 0.05) is 31.0 Å². The topological polar surface area (TPSA) is 42.3 Å². The van der Waals surface area contributed by atoms with E-state index >= 15 is 0 Å². The molecule has 0 saturated heterocycles. The van der Waals surface area contributed by atoms with Gasteiger partial charge in [-0.15, -0.1) is 11.6 Å². The molecule has 0 bridgehead atoms. The highest BCUT2D eigenvalue weighted by Crippen LogP contribution is 2.23. The third-order valence-corrected chi connectivity index (χ3v) is 5.23. The quantitative estimate of drug-likeness (QED) is 0.757. The van der Waals surface area contributed by atoms with E-state index < -0.39 is 10.0 Å². The van der Waals surface area contributed by atoms with Crippen LogP contribution in [-0.2, 0) is 15.9 Å². The molecule has 0 fully saturated rings. The van der Waals surface area contributed by atoms with Crippen LogP contribution in [-0.4, -0.2) is 30.4 Å². The van der Waals surface area contributed by atoms with Crippen molar-refractivity contribution in [2.75, 3.05) is 13.1 Å². The highest BCUT2D eigenvalue weighted by molar-refractivity contribution is 7.89. The van der Waals surface area contributed by atoms with Gasteiger partial charge in [-0.05, 0) is 19.9 Å². The molecule has 0 aromatic carbocycles. The number of alkyl halides is 1. The second-order valence-electron chi connectivity index (χ2n) is 4.39. The maximum absolute atomic E-state index is 12.4. The van der Waals surface area contributed by atoms with Crippen LogP contribution in [0.15, 0.2) is 17.2 Å². The number of aromatic nitrogens is 1. The molecule has 18 heavy (non-hydrogen) atoms. The maximum Gasteiger partial charge on any atom is 0.244 e. The molecule has 1 aromatic heterocycles. The third-order valence-electron chi connectivity index (χ3n) is 2.94. The van der Waals surface area contributed by atoms with Crippen LogP contribution in [0, 0.1) is 0 Å². The van der Waals surface area contributed by atoms with Crippen molar-refractivity contribution in [2.24, 2.45) is 0 Å². The predicted octanol–water partition coefficient (Wildman–Crippen LogP) is 2.84. The van der Waals surface area contributed by atoms with Gasteiger partial charge in [0.1, 0.15) is 4.90 Å². The Bertz CT molecular complexity index is 490. The molecule has 0 atom stereocenters. The van der Waals surface area contributed by atoms with Crippen LogP contribution in [0.4, 0.5) is 0 Å². The summed E-state index contributed by atoms with van der Waals surface area (Å²) in [5, 5.41) is 0. The minimum atomic E-state index is -3.39. The van der Waals surface area contributed by atoms with Gasteiger partial charge in [-0.2, -0.15) is 4.31 Å². The van der Waals surface area contributed by atoms with Crippen LogP contribution in [0.5, 0.6) is 0 Å². The second kappa shape index (κ2) is 6.08. The van der Waals surface area contributed by atoms with Gasteiger partial charge in [0.2, 0.25) is 10.0 Å². The molecule has 0 N–H and O–H groups in total. The first-order valence-electron chi connectivity index (χ1n) is 6.15. The maximum atomic E-state index is 12.4. The Morgan fingerprint density at radius 3 is 2.22 bits per heavy atom. The van der Waals surface area contributed by atoms with Crippen molar-refractivity contribution in [3.05, 3.63) is 18.0 Å². The average molecular weight is 293 g/mol. The lowest BCUT2D eigenvalue weighted by atomic mass is 10.4. The summed E-state index contributed by atoms with van der Waals surface area (Å²) in [5.41, 5.74) is 0.831. The fourth-order valence-electron chi connectivity index (χ4n) is 1.94. The lowest BCUT2D eigenvalue weighted by Crippen LogP contribution is -2.30. The van der Waals surface area contributed by atoms with Gasteiger partial charge in [0.15, 0.2) is 0 Å². The minimum Gasteiger partial charge on any atom is -0.346 e. The number of hydrogen-bond donors (Lipinski definition) is 0. The molecule has 1 rings (SSSR count). The Kier molecular flexibility index (Phi) is 5.25. The van der Waals surface area contributed by atoms with E-state index in [2.05, 4.69) is 0 Å². The molecule has 4 nitrogen and oxygen atoms in total. The molecule has 0 unspecified atom stereocenters. The van der Waals surface area contributed by atoms with E-state index in [1.54, 1.807) is 12.3 Å². The lowest BCUT2D eigenvalue weighted by Gasteiger charge is -2.17. The lowest BCUT2D eigenvalue weighted by molar-refractivity contribution is 0.445. The van der Waals surface area contributed by atoms with Crippen molar-refractivity contribution in [3.63, 3.8) is 0 Å². The smallest absolute Gasteiger partial charge is 0.244 e. The Morgan fingerprint density at radius 2 is 1.89 bits per heavy atom. The molecule has 0 saturated carbocycles. The third kappa shape index (κ3) is 2.90. The van der Waals surface area contributed by atoms with Gasteiger partial charge in [-0.25, -0.2) is 8.42 Å². The first-order chi connectivity index (χ1) is 8.38. The van der Waals surface area contributed by atoms with Gasteiger partial charge in [0.25, 0.3) is 0 Å². The minimum absolute atomic E-state index is 0.194. The molecule has 0 aliphatic carbocycles. The van der Waals surface area contributed by atoms with E-state index in [4.69, 9.17) is 11.6 Å². The second-order valence-corrected chi connectivity index (χ2v) is 6.60. The summed E-state index contributed by atoms with van der Waals surface area (Å²) in [7, 11) is -3.39. The zero-order chi connectivity index (χ0) is 13.9. The average Bonchev–Trinajstić information content (AvgIpc) is 2.74. The van der Waals surface area contributed by atoms with Crippen molar-refractivity contribution in [1.82, 2.24) is 8.87 Å². The molecule has 6 heteroatoms. The van der Waals surface area contributed by atoms with Crippen molar-refractivity contribution in [1.29, 1.82) is 0 Å². The van der Waals surface area contributed by atoms with Crippen LogP contribution in [0.1, 0.15) is 39.4 Å². The van der Waals surface area contributed by atoms with E-state index in [1.807, 2.05) is 32.3 Å². The molecular formula is C12H21ClN2O2S. The van der Waals surface area contributed by atoms with Gasteiger partial charge >= 0.3 is 0 Å². The number of sulfonamides is 1. The van der Waals surface area contributed by atoms with Gasteiger partial charge in [-0.1, -0.05) is 13.8 Å². The fraction of sp³-hybridized carbons (Fsp3) is 0.667. The highest BCUT2D eigenvalue weighted by atomic mass is 35.5. The van der Waals surface area contributed by atoms with Crippen LogP contribution < -0.4 is 0 Å². The van der Waals surface area contributed by atoms with E-state index in [1.165, 1.54) is 4.31 Å². The molecule has 0 spiro atoms. The summed E-state index contributed by atoms with van der Waals surface area (Å²) in [6.45, 7) is 8.63. The zero-order valence-corrected chi connectivity index (χ0v) is 12.9. The van der Waals surface area contributed by atoms with Crippen molar-refractivity contribution < 1.29 is 8.42 Å². The van der Waals surface area contributed by atoms with Crippen LogP contribution in [0.3, 0.4) is 0 Å². The van der Waals surface area contributed by atoms with Gasteiger partial charge in [-0.3, -0.25) is 0 Å². The van der Waals surface area contributed by atoms with E-state index in [9.17, 15) is 8.42 Å². The summed E-state index contributed by atoms with van der Waals surface area (Å²) >= 11 is 5.86. The molecule has 0 amide bonds. The Balaban J connectivity index is 3.26. The van der Waals surface area contributed by atoms with Crippen molar-refractivity contribution in [3.8, 4) is 0 Å². The summed E-state index contributed by atoms with van der Waals surface area (Å²) in [5.74, 6) is 0.311. The SMILES string of the molecule is CCN(CC)S(=O)(=O)c1cc(CCl)n(C(C)C)c1. The van der Waals surface area contributed by atoms with Crippen LogP contribution in [0.25, 0.3) is 0 Å². The van der Waals surface area contributed by atoms with Crippen molar-refractivity contribution in [2.45, 2.75) is 44.5 Å². The Labute approximate surface area is 115 Å². The molecule has 104 valence electrons. The number of hydrogen-bond acceptors (Lipinski definition) is 2. The largest absolute Gasteiger partial charge is 0.346 e. The summed E-state index contributed by atoms with van der Waals surface area (Å²) in [6, 6.07) is 1.86. The standard InChI is InChI=1S/C12H21ClN2O2S/c1-5-14(6-2)18(16,17)12-7-11(8-13)15(9-12)10(3)4/h7,9-10H,5-6,8H2,1-4H3. The molecular weight excluding hydrogens is 272 g/mol. The van der Waals surface area contributed by atoms with Gasteiger partial charge < -0.3 is 4.57 Å². The molecule has 1 aromatic rings.